The van der Waals surface area contributed by atoms with Crippen molar-refractivity contribution >= 4 is 38.1 Å². The normalized spacial score (nSPS) is 11.2. The Bertz CT molecular complexity index is 441. The van der Waals surface area contributed by atoms with Gasteiger partial charge in [0.2, 0.25) is 0 Å². The minimum absolute atomic E-state index is 0.119. The summed E-state index contributed by atoms with van der Waals surface area (Å²) in [5.74, 6) is 0. The molecule has 0 amide bonds. The molecule has 1 aromatic carbocycles. The molecule has 0 saturated heterocycles. The first-order valence-electron chi connectivity index (χ1n) is 3.27. The average molecular weight is 311 g/mol. The first kappa shape index (κ1) is 10.6. The van der Waals surface area contributed by atoms with Crippen molar-refractivity contribution in [1.82, 2.24) is 0 Å². The lowest BCUT2D eigenvalue weighted by molar-refractivity contribution is 0.602. The minimum atomic E-state index is -3.26. The van der Waals surface area contributed by atoms with Gasteiger partial charge in [0.25, 0.3) is 0 Å². The van der Waals surface area contributed by atoms with Crippen molar-refractivity contribution in [3.05, 3.63) is 26.7 Å². The summed E-state index contributed by atoms with van der Waals surface area (Å²) in [5, 5.41) is 2.69. The lowest BCUT2D eigenvalue weighted by atomic mass is 10.3. The molecule has 0 aliphatic carbocycles. The Hall–Kier alpha value is -0.500. The van der Waals surface area contributed by atoms with Crippen LogP contribution in [0.15, 0.2) is 28.3 Å². The van der Waals surface area contributed by atoms with Gasteiger partial charge in [-0.25, -0.2) is 8.42 Å². The molecule has 6 heteroatoms. The molecule has 0 radical (unpaired) electrons. The van der Waals surface area contributed by atoms with Crippen LogP contribution in [0, 0.1) is 8.48 Å². The van der Waals surface area contributed by atoms with E-state index in [9.17, 15) is 13.3 Å². The molecule has 0 fully saturated rings. The molecule has 0 atom stereocenters. The zero-order valence-electron chi connectivity index (χ0n) is 6.69. The fraction of sp³-hybridized carbons (Fsp3) is 0.143. The lowest BCUT2D eigenvalue weighted by Gasteiger charge is -1.99. The molecule has 13 heavy (non-hydrogen) atoms. The predicted octanol–water partition coefficient (Wildman–Crippen LogP) is 2.09. The van der Waals surface area contributed by atoms with Crippen LogP contribution in [0.4, 0.5) is 5.69 Å². The van der Waals surface area contributed by atoms with Crippen LogP contribution in [0.5, 0.6) is 0 Å². The van der Waals surface area contributed by atoms with Gasteiger partial charge >= 0.3 is 0 Å². The Morgan fingerprint density at radius 2 is 1.92 bits per heavy atom. The maximum atomic E-state index is 11.1. The van der Waals surface area contributed by atoms with Gasteiger partial charge in [-0.05, 0) is 46.0 Å². The summed E-state index contributed by atoms with van der Waals surface area (Å²) in [7, 11) is -3.26. The van der Waals surface area contributed by atoms with Gasteiger partial charge in [0, 0.05) is 9.83 Å². The van der Waals surface area contributed by atoms with Crippen molar-refractivity contribution in [1.29, 1.82) is 0 Å². The number of hydrogen-bond donors (Lipinski definition) is 0. The second-order valence-electron chi connectivity index (χ2n) is 2.51. The second kappa shape index (κ2) is 3.70. The highest BCUT2D eigenvalue weighted by Crippen LogP contribution is 2.21. The van der Waals surface area contributed by atoms with Crippen molar-refractivity contribution in [2.45, 2.75) is 4.90 Å². The van der Waals surface area contributed by atoms with Crippen LogP contribution >= 0.6 is 22.6 Å². The van der Waals surface area contributed by atoms with Crippen LogP contribution in [0.25, 0.3) is 0 Å². The fourth-order valence-corrected chi connectivity index (χ4v) is 2.36. The van der Waals surface area contributed by atoms with E-state index in [0.29, 0.717) is 3.57 Å². The highest BCUT2D eigenvalue weighted by molar-refractivity contribution is 14.1. The van der Waals surface area contributed by atoms with Crippen LogP contribution in [0.3, 0.4) is 0 Å². The van der Waals surface area contributed by atoms with Gasteiger partial charge in [-0.15, -0.1) is 4.91 Å². The van der Waals surface area contributed by atoms with Gasteiger partial charge in [0.15, 0.2) is 9.84 Å². The zero-order chi connectivity index (χ0) is 10.1. The summed E-state index contributed by atoms with van der Waals surface area (Å²) in [4.78, 5) is 10.3. The molecule has 4 nitrogen and oxygen atoms in total. The van der Waals surface area contributed by atoms with E-state index >= 15 is 0 Å². The summed E-state index contributed by atoms with van der Waals surface area (Å²) < 4.78 is 22.9. The molecule has 0 unspecified atom stereocenters. The van der Waals surface area contributed by atoms with Gasteiger partial charge in [0.05, 0.1) is 4.90 Å². The third-order valence-corrected chi connectivity index (χ3v) is 3.10. The number of sulfone groups is 1. The van der Waals surface area contributed by atoms with E-state index in [1.54, 1.807) is 0 Å². The Morgan fingerprint density at radius 1 is 1.31 bits per heavy atom. The first-order chi connectivity index (χ1) is 5.93. The summed E-state index contributed by atoms with van der Waals surface area (Å²) in [6, 6.07) is 4.26. The SMILES string of the molecule is CS(=O)(=O)c1cc(I)cc(N=O)c1. The van der Waals surface area contributed by atoms with E-state index in [2.05, 4.69) is 5.18 Å². The number of hydrogen-bond acceptors (Lipinski definition) is 4. The molecule has 0 aromatic heterocycles. The molecule has 1 aromatic rings. The number of nitroso groups, excluding NO2 is 1. The van der Waals surface area contributed by atoms with Gasteiger partial charge in [0.1, 0.15) is 5.69 Å². The molecular formula is C7H6INO3S. The Balaban J connectivity index is 3.41. The van der Waals surface area contributed by atoms with Crippen LogP contribution < -0.4 is 0 Å². The van der Waals surface area contributed by atoms with E-state index in [0.717, 1.165) is 6.26 Å². The van der Waals surface area contributed by atoms with Gasteiger partial charge in [-0.2, -0.15) is 0 Å². The number of benzene rings is 1. The molecule has 0 aliphatic rings. The number of nitrogens with zero attached hydrogens (tertiary/aromatic N) is 1. The molecule has 0 heterocycles. The molecule has 0 bridgehead atoms. The lowest BCUT2D eigenvalue weighted by Crippen LogP contribution is -1.96. The predicted molar refractivity (Wildman–Crippen MR) is 57.7 cm³/mol. The smallest absolute Gasteiger partial charge is 0.175 e. The van der Waals surface area contributed by atoms with Gasteiger partial charge in [-0.1, -0.05) is 0 Å². The molecule has 0 spiro atoms. The third-order valence-electron chi connectivity index (χ3n) is 1.39. The maximum Gasteiger partial charge on any atom is 0.175 e. The Labute approximate surface area is 89.4 Å². The van der Waals surface area contributed by atoms with Crippen molar-refractivity contribution in [2.75, 3.05) is 6.26 Å². The maximum absolute atomic E-state index is 11.1. The van der Waals surface area contributed by atoms with Crippen LogP contribution in [-0.2, 0) is 9.84 Å². The fourth-order valence-electron chi connectivity index (χ4n) is 0.815. The van der Waals surface area contributed by atoms with Crippen molar-refractivity contribution in [2.24, 2.45) is 5.18 Å². The van der Waals surface area contributed by atoms with Crippen molar-refractivity contribution < 1.29 is 8.42 Å². The Kier molecular flexibility index (Phi) is 3.01. The number of rotatable bonds is 2. The Morgan fingerprint density at radius 3 is 2.38 bits per heavy atom. The highest BCUT2D eigenvalue weighted by atomic mass is 127. The molecule has 1 rings (SSSR count). The summed E-state index contributed by atoms with van der Waals surface area (Å²) >= 11 is 1.93. The van der Waals surface area contributed by atoms with E-state index in [4.69, 9.17) is 0 Å². The third kappa shape index (κ3) is 2.73. The van der Waals surface area contributed by atoms with Crippen LogP contribution in [0.1, 0.15) is 0 Å². The summed E-state index contributed by atoms with van der Waals surface area (Å²) in [5.41, 5.74) is 0.132. The quantitative estimate of drug-likeness (QED) is 0.620. The second-order valence-corrected chi connectivity index (χ2v) is 5.77. The van der Waals surface area contributed by atoms with Crippen LogP contribution in [-0.4, -0.2) is 14.7 Å². The van der Waals surface area contributed by atoms with Gasteiger partial charge in [-0.3, -0.25) is 0 Å². The van der Waals surface area contributed by atoms with E-state index in [1.165, 1.54) is 18.2 Å². The largest absolute Gasteiger partial charge is 0.224 e. The molecule has 0 N–H and O–H groups in total. The van der Waals surface area contributed by atoms with Crippen molar-refractivity contribution in [3.63, 3.8) is 0 Å². The molecule has 70 valence electrons. The highest BCUT2D eigenvalue weighted by Gasteiger charge is 2.09. The van der Waals surface area contributed by atoms with E-state index in [-0.39, 0.29) is 10.6 Å². The standard InChI is InChI=1S/C7H6INO3S/c1-13(11,12)7-3-5(8)2-6(4-7)9-10/h2-4H,1H3. The minimum Gasteiger partial charge on any atom is -0.224 e. The summed E-state index contributed by atoms with van der Waals surface area (Å²) in [6.07, 6.45) is 1.09. The number of halogens is 1. The molecule has 0 saturated carbocycles. The monoisotopic (exact) mass is 311 g/mol. The first-order valence-corrected chi connectivity index (χ1v) is 6.24. The topological polar surface area (TPSA) is 63.6 Å². The van der Waals surface area contributed by atoms with Crippen LogP contribution in [0.2, 0.25) is 0 Å². The van der Waals surface area contributed by atoms with Gasteiger partial charge < -0.3 is 0 Å². The van der Waals surface area contributed by atoms with E-state index in [1.807, 2.05) is 22.6 Å². The summed E-state index contributed by atoms with van der Waals surface area (Å²) in [6.45, 7) is 0. The average Bonchev–Trinajstić information content (AvgIpc) is 2.01. The van der Waals surface area contributed by atoms with E-state index < -0.39 is 9.84 Å². The molecular weight excluding hydrogens is 305 g/mol. The molecule has 0 aliphatic heterocycles. The zero-order valence-corrected chi connectivity index (χ0v) is 9.66. The van der Waals surface area contributed by atoms with Crippen molar-refractivity contribution in [3.8, 4) is 0 Å².